The third kappa shape index (κ3) is 5.94. The van der Waals surface area contributed by atoms with E-state index in [1.165, 1.54) is 11.8 Å². The molecule has 0 radical (unpaired) electrons. The lowest BCUT2D eigenvalue weighted by molar-refractivity contribution is -0.150. The van der Waals surface area contributed by atoms with E-state index in [4.69, 9.17) is 16.3 Å². The first-order valence-electron chi connectivity index (χ1n) is 11.2. The van der Waals surface area contributed by atoms with Crippen LogP contribution >= 0.6 is 23.4 Å². The number of esters is 1. The van der Waals surface area contributed by atoms with Gasteiger partial charge < -0.3 is 15.0 Å². The number of amidine groups is 1. The largest absolute Gasteiger partial charge is 0.456 e. The molecule has 182 valence electrons. The molecule has 0 saturated heterocycles. The fourth-order valence-electron chi connectivity index (χ4n) is 3.85. The van der Waals surface area contributed by atoms with Crippen LogP contribution in [0, 0.1) is 0 Å². The molecule has 1 aromatic carbocycles. The number of nitrogens with one attached hydrogen (secondary N) is 1. The number of pyridine rings is 1. The van der Waals surface area contributed by atoms with Crippen LogP contribution in [0.25, 0.3) is 0 Å². The van der Waals surface area contributed by atoms with E-state index in [-0.39, 0.29) is 12.3 Å². The van der Waals surface area contributed by atoms with Crippen LogP contribution < -0.4 is 5.32 Å². The highest BCUT2D eigenvalue weighted by atomic mass is 35.5. The van der Waals surface area contributed by atoms with Crippen molar-refractivity contribution in [2.45, 2.75) is 52.3 Å². The maximum atomic E-state index is 13.3. The lowest BCUT2D eigenvalue weighted by Gasteiger charge is -2.37. The smallest absolute Gasteiger partial charge is 0.338 e. The van der Waals surface area contributed by atoms with Gasteiger partial charge in [-0.3, -0.25) is 9.78 Å². The number of hydrogen-bond acceptors (Lipinski definition) is 7. The number of rotatable bonds is 6. The highest BCUT2D eigenvalue weighted by molar-refractivity contribution is 8.16. The first-order valence-corrected chi connectivity index (χ1v) is 12.5. The predicted octanol–water partition coefficient (Wildman–Crippen LogP) is 5.36. The zero-order valence-electron chi connectivity index (χ0n) is 20.0. The second kappa shape index (κ2) is 10.3. The Kier molecular flexibility index (Phi) is 7.33. The molecule has 4 rings (SSSR count). The molecule has 9 heteroatoms. The summed E-state index contributed by atoms with van der Waals surface area (Å²) in [6.45, 7) is 7.69. The van der Waals surface area contributed by atoms with Gasteiger partial charge >= 0.3 is 5.97 Å². The van der Waals surface area contributed by atoms with Crippen LogP contribution in [-0.2, 0) is 20.9 Å². The van der Waals surface area contributed by atoms with E-state index in [1.54, 1.807) is 24.5 Å². The van der Waals surface area contributed by atoms with Gasteiger partial charge in [-0.2, -0.15) is 0 Å². The van der Waals surface area contributed by atoms with Gasteiger partial charge in [-0.25, -0.2) is 9.79 Å². The molecule has 1 aromatic heterocycles. The van der Waals surface area contributed by atoms with E-state index in [9.17, 15) is 9.59 Å². The molecule has 2 aliphatic heterocycles. The van der Waals surface area contributed by atoms with Gasteiger partial charge in [0.1, 0.15) is 5.60 Å². The number of hydrogen-bond donors (Lipinski definition) is 1. The Morgan fingerprint density at radius 3 is 2.60 bits per heavy atom. The fraction of sp³-hybridized carbons (Fsp3) is 0.308. The van der Waals surface area contributed by atoms with E-state index in [0.29, 0.717) is 28.0 Å². The minimum absolute atomic E-state index is 0.136. The standard InChI is InChI=1S/C26H27ClN4O3S/c1-16-22(24(33)34-26(2,3)4)23(18-7-9-19(27)10-8-18)31-20(15-35-25(31)30-16)12-21(32)29-14-17-6-5-11-28-13-17/h5-11,13,15,23H,12,14H2,1-4H3,(H,29,32)/t23-/m0/s1. The number of amides is 1. The predicted molar refractivity (Wildman–Crippen MR) is 138 cm³/mol. The topological polar surface area (TPSA) is 83.9 Å². The number of carbonyl (C=O) groups excluding carboxylic acids is 2. The molecular formula is C26H27ClN4O3S. The van der Waals surface area contributed by atoms with Crippen molar-refractivity contribution < 1.29 is 14.3 Å². The van der Waals surface area contributed by atoms with Crippen molar-refractivity contribution >= 4 is 40.4 Å². The second-order valence-corrected chi connectivity index (χ2v) is 10.5. The van der Waals surface area contributed by atoms with Gasteiger partial charge in [0.05, 0.1) is 23.7 Å². The zero-order valence-corrected chi connectivity index (χ0v) is 21.6. The van der Waals surface area contributed by atoms with E-state index >= 15 is 0 Å². The average molecular weight is 511 g/mol. The lowest BCUT2D eigenvalue weighted by atomic mass is 9.93. The van der Waals surface area contributed by atoms with Crippen LogP contribution in [0.1, 0.15) is 51.3 Å². The maximum Gasteiger partial charge on any atom is 0.338 e. The summed E-state index contributed by atoms with van der Waals surface area (Å²) in [5.74, 6) is -0.572. The Bertz CT molecular complexity index is 1220. The normalized spacial score (nSPS) is 17.5. The van der Waals surface area contributed by atoms with Crippen LogP contribution in [0.15, 0.2) is 76.2 Å². The van der Waals surface area contributed by atoms with E-state index in [0.717, 1.165) is 16.8 Å². The van der Waals surface area contributed by atoms with E-state index in [2.05, 4.69) is 15.3 Å². The van der Waals surface area contributed by atoms with Crippen LogP contribution in [0.2, 0.25) is 5.02 Å². The molecule has 0 fully saturated rings. The van der Waals surface area contributed by atoms with Gasteiger partial charge in [-0.05, 0) is 62.4 Å². The lowest BCUT2D eigenvalue weighted by Crippen LogP contribution is -2.39. The average Bonchev–Trinajstić information content (AvgIpc) is 3.18. The number of thioether (sulfide) groups is 1. The summed E-state index contributed by atoms with van der Waals surface area (Å²) in [5.41, 5.74) is 2.89. The molecule has 3 heterocycles. The number of fused-ring (bicyclic) bond motifs is 1. The molecule has 0 unspecified atom stereocenters. The quantitative estimate of drug-likeness (QED) is 0.527. The van der Waals surface area contributed by atoms with Crippen LogP contribution in [0.3, 0.4) is 0 Å². The Hall–Kier alpha value is -3.10. The molecule has 1 N–H and O–H groups in total. The van der Waals surface area contributed by atoms with Crippen molar-refractivity contribution in [3.63, 3.8) is 0 Å². The second-order valence-electron chi connectivity index (χ2n) is 9.26. The van der Waals surface area contributed by atoms with Crippen molar-refractivity contribution in [1.29, 1.82) is 0 Å². The van der Waals surface area contributed by atoms with Gasteiger partial charge in [-0.1, -0.05) is 41.6 Å². The molecule has 7 nitrogen and oxygen atoms in total. The van der Waals surface area contributed by atoms with Gasteiger partial charge in [0.15, 0.2) is 5.17 Å². The summed E-state index contributed by atoms with van der Waals surface area (Å²) in [6, 6.07) is 10.6. The van der Waals surface area contributed by atoms with Gasteiger partial charge in [-0.15, -0.1) is 0 Å². The maximum absolute atomic E-state index is 13.3. The van der Waals surface area contributed by atoms with Crippen LogP contribution in [-0.4, -0.2) is 32.5 Å². The molecule has 2 aliphatic rings. The Labute approximate surface area is 214 Å². The first-order chi connectivity index (χ1) is 16.6. The Morgan fingerprint density at radius 2 is 1.94 bits per heavy atom. The summed E-state index contributed by atoms with van der Waals surface area (Å²) in [6.07, 6.45) is 3.55. The van der Waals surface area contributed by atoms with Crippen molar-refractivity contribution in [3.8, 4) is 0 Å². The fourth-order valence-corrected chi connectivity index (χ4v) is 4.94. The molecule has 0 aliphatic carbocycles. The van der Waals surface area contributed by atoms with E-state index in [1.807, 2.05) is 62.3 Å². The number of carbonyl (C=O) groups is 2. The van der Waals surface area contributed by atoms with Crippen LogP contribution in [0.5, 0.6) is 0 Å². The molecule has 0 bridgehead atoms. The molecule has 1 amide bonds. The van der Waals surface area contributed by atoms with Gasteiger partial charge in [0.2, 0.25) is 5.91 Å². The third-order valence-corrected chi connectivity index (χ3v) is 6.50. The molecule has 0 saturated carbocycles. The summed E-state index contributed by atoms with van der Waals surface area (Å²) in [7, 11) is 0. The van der Waals surface area contributed by atoms with Crippen molar-refractivity contribution in [2.24, 2.45) is 4.99 Å². The van der Waals surface area contributed by atoms with Crippen LogP contribution in [0.4, 0.5) is 0 Å². The minimum atomic E-state index is -0.663. The monoisotopic (exact) mass is 510 g/mol. The molecule has 0 spiro atoms. The number of halogens is 1. The number of nitrogens with zero attached hydrogens (tertiary/aromatic N) is 3. The number of aromatic nitrogens is 1. The third-order valence-electron chi connectivity index (χ3n) is 5.36. The first kappa shape index (κ1) is 25.0. The highest BCUT2D eigenvalue weighted by Gasteiger charge is 2.41. The number of aliphatic imine (C=N–C) groups is 1. The number of allylic oxidation sites excluding steroid dienone is 1. The molecule has 35 heavy (non-hydrogen) atoms. The highest BCUT2D eigenvalue weighted by Crippen LogP contribution is 2.45. The number of ether oxygens (including phenoxy) is 1. The van der Waals surface area contributed by atoms with Gasteiger partial charge in [0, 0.05) is 29.7 Å². The van der Waals surface area contributed by atoms with E-state index < -0.39 is 17.6 Å². The Balaban J connectivity index is 1.62. The zero-order chi connectivity index (χ0) is 25.2. The van der Waals surface area contributed by atoms with Gasteiger partial charge in [0.25, 0.3) is 0 Å². The summed E-state index contributed by atoms with van der Waals surface area (Å²) in [4.78, 5) is 36.9. The molecule has 2 aromatic rings. The SMILES string of the molecule is CC1=C(C(=O)OC(C)(C)C)[C@H](c2ccc(Cl)cc2)N2C(CC(=O)NCc3cccnc3)=CSC2=N1. The Morgan fingerprint density at radius 1 is 1.20 bits per heavy atom. The molecular weight excluding hydrogens is 484 g/mol. The summed E-state index contributed by atoms with van der Waals surface area (Å²) < 4.78 is 5.75. The summed E-state index contributed by atoms with van der Waals surface area (Å²) in [5, 5.41) is 6.16. The minimum Gasteiger partial charge on any atom is -0.456 e. The van der Waals surface area contributed by atoms with Crippen molar-refractivity contribution in [3.05, 3.63) is 87.3 Å². The van der Waals surface area contributed by atoms with Crippen molar-refractivity contribution in [1.82, 2.24) is 15.2 Å². The number of benzene rings is 1. The summed E-state index contributed by atoms with van der Waals surface area (Å²) >= 11 is 7.58. The van der Waals surface area contributed by atoms with Crippen molar-refractivity contribution in [2.75, 3.05) is 0 Å². The molecule has 1 atom stereocenters.